The van der Waals surface area contributed by atoms with Crippen molar-refractivity contribution in [2.75, 3.05) is 12.4 Å². The molecule has 0 fully saturated rings. The smallest absolute Gasteiger partial charge is 0.406 e. The van der Waals surface area contributed by atoms with Crippen LogP contribution in [0.4, 0.5) is 23.7 Å². The lowest BCUT2D eigenvalue weighted by atomic mass is 10.1. The van der Waals surface area contributed by atoms with E-state index < -0.39 is 18.1 Å². The molecular weight excluding hydrogens is 357 g/mol. The summed E-state index contributed by atoms with van der Waals surface area (Å²) in [6.45, 7) is 1.80. The number of nitrogens with one attached hydrogen (secondary N) is 1. The summed E-state index contributed by atoms with van der Waals surface area (Å²) in [5, 5.41) is 3.06. The fourth-order valence-electron chi connectivity index (χ4n) is 2.18. The molecule has 0 radical (unpaired) electrons. The molecule has 0 spiro atoms. The van der Waals surface area contributed by atoms with Crippen molar-refractivity contribution >= 4 is 23.3 Å². The summed E-state index contributed by atoms with van der Waals surface area (Å²) in [7, 11) is 1.57. The van der Waals surface area contributed by atoms with E-state index in [0.717, 1.165) is 17.7 Å². The SMILES string of the molecule is CC(c1ccccc1Cl)N(C)C(=O)Nc1cccc(OC(F)(F)F)c1. The highest BCUT2D eigenvalue weighted by Gasteiger charge is 2.31. The molecule has 4 nitrogen and oxygen atoms in total. The van der Waals surface area contributed by atoms with Crippen LogP contribution in [-0.4, -0.2) is 24.3 Å². The molecule has 2 amide bonds. The number of anilines is 1. The van der Waals surface area contributed by atoms with Crippen molar-refractivity contribution in [3.63, 3.8) is 0 Å². The number of ether oxygens (including phenoxy) is 1. The fourth-order valence-corrected chi connectivity index (χ4v) is 2.47. The van der Waals surface area contributed by atoms with Gasteiger partial charge in [-0.25, -0.2) is 4.79 Å². The van der Waals surface area contributed by atoms with Gasteiger partial charge in [0.25, 0.3) is 0 Å². The molecule has 8 heteroatoms. The van der Waals surface area contributed by atoms with Crippen molar-refractivity contribution in [1.82, 2.24) is 4.90 Å². The number of amides is 2. The van der Waals surface area contributed by atoms with Crippen LogP contribution in [0.2, 0.25) is 5.02 Å². The summed E-state index contributed by atoms with van der Waals surface area (Å²) in [4.78, 5) is 13.7. The standard InChI is InChI=1S/C17H16ClF3N2O2/c1-11(14-8-3-4-9-15(14)18)23(2)16(24)22-12-6-5-7-13(10-12)25-17(19,20)21/h3-11H,1-2H3,(H,22,24). The number of carbonyl (C=O) groups is 1. The highest BCUT2D eigenvalue weighted by Crippen LogP contribution is 2.28. The third-order valence-electron chi connectivity index (χ3n) is 3.58. The number of nitrogens with zero attached hydrogens (tertiary/aromatic N) is 1. The lowest BCUT2D eigenvalue weighted by Crippen LogP contribution is -2.33. The van der Waals surface area contributed by atoms with Gasteiger partial charge in [-0.1, -0.05) is 35.9 Å². The van der Waals surface area contributed by atoms with Gasteiger partial charge in [0.05, 0.1) is 6.04 Å². The second kappa shape index (κ2) is 7.65. The highest BCUT2D eigenvalue weighted by atomic mass is 35.5. The quantitative estimate of drug-likeness (QED) is 0.773. The van der Waals surface area contributed by atoms with Gasteiger partial charge in [0.1, 0.15) is 5.75 Å². The molecule has 0 bridgehead atoms. The third kappa shape index (κ3) is 5.29. The second-order valence-corrected chi connectivity index (χ2v) is 5.72. The van der Waals surface area contributed by atoms with Crippen molar-refractivity contribution < 1.29 is 22.7 Å². The maximum absolute atomic E-state index is 12.3. The Bertz CT molecular complexity index is 753. The molecule has 0 aliphatic carbocycles. The van der Waals surface area contributed by atoms with E-state index in [0.29, 0.717) is 5.02 Å². The lowest BCUT2D eigenvalue weighted by molar-refractivity contribution is -0.274. The molecule has 0 aliphatic rings. The summed E-state index contributed by atoms with van der Waals surface area (Å²) >= 11 is 6.13. The van der Waals surface area contributed by atoms with Crippen LogP contribution >= 0.6 is 11.6 Å². The molecule has 0 saturated heterocycles. The van der Waals surface area contributed by atoms with E-state index in [1.807, 2.05) is 0 Å². The van der Waals surface area contributed by atoms with Gasteiger partial charge in [0.2, 0.25) is 0 Å². The zero-order valence-corrected chi connectivity index (χ0v) is 14.2. The fraction of sp³-hybridized carbons (Fsp3) is 0.235. The Labute approximate surface area is 148 Å². The van der Waals surface area contributed by atoms with Crippen molar-refractivity contribution in [3.05, 3.63) is 59.1 Å². The first kappa shape index (κ1) is 18.9. The molecule has 25 heavy (non-hydrogen) atoms. The van der Waals surface area contributed by atoms with E-state index in [1.54, 1.807) is 38.2 Å². The van der Waals surface area contributed by atoms with Crippen LogP contribution in [0.1, 0.15) is 18.5 Å². The average molecular weight is 373 g/mol. The largest absolute Gasteiger partial charge is 0.573 e. The molecule has 1 atom stereocenters. The summed E-state index contributed by atoms with van der Waals surface area (Å²) in [5.74, 6) is -0.410. The molecule has 134 valence electrons. The van der Waals surface area contributed by atoms with Gasteiger partial charge < -0.3 is 15.0 Å². The normalized spacial score (nSPS) is 12.4. The summed E-state index contributed by atoms with van der Waals surface area (Å²) in [6.07, 6.45) is -4.79. The number of hydrogen-bond acceptors (Lipinski definition) is 2. The highest BCUT2D eigenvalue weighted by molar-refractivity contribution is 6.31. The third-order valence-corrected chi connectivity index (χ3v) is 3.92. The molecule has 0 aliphatic heterocycles. The zero-order chi connectivity index (χ0) is 18.6. The number of rotatable bonds is 4. The van der Waals surface area contributed by atoms with Crippen LogP contribution in [0.5, 0.6) is 5.75 Å². The summed E-state index contributed by atoms with van der Waals surface area (Å²) in [5.41, 5.74) is 0.945. The minimum Gasteiger partial charge on any atom is -0.406 e. The Hall–Kier alpha value is -2.41. The van der Waals surface area contributed by atoms with Crippen LogP contribution < -0.4 is 10.1 Å². The molecule has 2 aromatic rings. The predicted octanol–water partition coefficient (Wildman–Crippen LogP) is 5.46. The van der Waals surface area contributed by atoms with Gasteiger partial charge in [-0.2, -0.15) is 0 Å². The van der Waals surface area contributed by atoms with E-state index >= 15 is 0 Å². The average Bonchev–Trinajstić information content (AvgIpc) is 2.52. The second-order valence-electron chi connectivity index (χ2n) is 5.31. The molecule has 1 N–H and O–H groups in total. The zero-order valence-electron chi connectivity index (χ0n) is 13.5. The van der Waals surface area contributed by atoms with Crippen LogP contribution in [-0.2, 0) is 0 Å². The molecule has 0 saturated carbocycles. The Morgan fingerprint density at radius 1 is 1.20 bits per heavy atom. The Kier molecular flexibility index (Phi) is 5.79. The number of alkyl halides is 3. The predicted molar refractivity (Wildman–Crippen MR) is 89.8 cm³/mol. The number of carbonyl (C=O) groups excluding carboxylic acids is 1. The first-order valence-corrected chi connectivity index (χ1v) is 7.69. The van der Waals surface area contributed by atoms with Crippen LogP contribution in [0, 0.1) is 0 Å². The number of urea groups is 1. The van der Waals surface area contributed by atoms with Crippen molar-refractivity contribution in [2.45, 2.75) is 19.3 Å². The molecule has 0 aromatic heterocycles. The van der Waals surface area contributed by atoms with E-state index in [1.165, 1.54) is 17.0 Å². The van der Waals surface area contributed by atoms with Gasteiger partial charge in [0.15, 0.2) is 0 Å². The lowest BCUT2D eigenvalue weighted by Gasteiger charge is -2.26. The first-order chi connectivity index (χ1) is 11.7. The molecule has 1 unspecified atom stereocenters. The number of hydrogen-bond donors (Lipinski definition) is 1. The summed E-state index contributed by atoms with van der Waals surface area (Å²) < 4.78 is 40.6. The first-order valence-electron chi connectivity index (χ1n) is 7.31. The minimum absolute atomic E-state index is 0.185. The van der Waals surface area contributed by atoms with Crippen LogP contribution in [0.15, 0.2) is 48.5 Å². The van der Waals surface area contributed by atoms with Gasteiger partial charge >= 0.3 is 12.4 Å². The van der Waals surface area contributed by atoms with Crippen LogP contribution in [0.25, 0.3) is 0 Å². The number of halogens is 4. The Balaban J connectivity index is 2.09. The minimum atomic E-state index is -4.79. The monoisotopic (exact) mass is 372 g/mol. The van der Waals surface area contributed by atoms with Crippen LogP contribution in [0.3, 0.4) is 0 Å². The van der Waals surface area contributed by atoms with E-state index in [9.17, 15) is 18.0 Å². The molecule has 2 aromatic carbocycles. The van der Waals surface area contributed by atoms with Gasteiger partial charge in [-0.05, 0) is 30.7 Å². The van der Waals surface area contributed by atoms with Crippen molar-refractivity contribution in [1.29, 1.82) is 0 Å². The van der Waals surface area contributed by atoms with Crippen molar-refractivity contribution in [3.8, 4) is 5.75 Å². The Morgan fingerprint density at radius 3 is 2.52 bits per heavy atom. The maximum atomic E-state index is 12.3. The summed E-state index contributed by atoms with van der Waals surface area (Å²) in [6, 6.07) is 11.4. The topological polar surface area (TPSA) is 41.6 Å². The number of benzene rings is 2. The van der Waals surface area contributed by atoms with Gasteiger partial charge in [-0.3, -0.25) is 0 Å². The Morgan fingerprint density at radius 2 is 1.88 bits per heavy atom. The molecule has 0 heterocycles. The van der Waals surface area contributed by atoms with E-state index in [4.69, 9.17) is 11.6 Å². The van der Waals surface area contributed by atoms with E-state index in [-0.39, 0.29) is 11.7 Å². The molecule has 2 rings (SSSR count). The van der Waals surface area contributed by atoms with Crippen molar-refractivity contribution in [2.24, 2.45) is 0 Å². The van der Waals surface area contributed by atoms with Gasteiger partial charge in [0, 0.05) is 23.8 Å². The molecular formula is C17H16ClF3N2O2. The van der Waals surface area contributed by atoms with E-state index in [2.05, 4.69) is 10.1 Å². The van der Waals surface area contributed by atoms with Gasteiger partial charge in [-0.15, -0.1) is 13.2 Å². The maximum Gasteiger partial charge on any atom is 0.573 e.